The zero-order valence-corrected chi connectivity index (χ0v) is 17.7. The molecule has 0 unspecified atom stereocenters. The van der Waals surface area contributed by atoms with Crippen LogP contribution in [0.4, 0.5) is 5.69 Å². The number of piperidine rings is 1. The van der Waals surface area contributed by atoms with Crippen LogP contribution in [0.25, 0.3) is 6.08 Å². The number of benzene rings is 2. The van der Waals surface area contributed by atoms with Crippen LogP contribution < -0.4 is 10.1 Å². The number of hydrogen-bond donors (Lipinski definition) is 1. The highest BCUT2D eigenvalue weighted by Gasteiger charge is 2.27. The van der Waals surface area contributed by atoms with E-state index in [4.69, 9.17) is 9.47 Å². The lowest BCUT2D eigenvalue weighted by atomic mass is 9.95. The molecular formula is C24H26N2O5. The van der Waals surface area contributed by atoms with Gasteiger partial charge in [0.15, 0.2) is 0 Å². The molecular weight excluding hydrogens is 396 g/mol. The molecule has 0 spiro atoms. The Hall–Kier alpha value is -3.61. The first-order valence-electron chi connectivity index (χ1n) is 10.1. The normalized spacial score (nSPS) is 14.3. The summed E-state index contributed by atoms with van der Waals surface area (Å²) in [6, 6.07) is 14.4. The van der Waals surface area contributed by atoms with Crippen molar-refractivity contribution < 1.29 is 23.9 Å². The largest absolute Gasteiger partial charge is 0.497 e. The minimum absolute atomic E-state index is 0.0640. The summed E-state index contributed by atoms with van der Waals surface area (Å²) in [5, 5.41) is 2.82. The molecule has 3 rings (SSSR count). The summed E-state index contributed by atoms with van der Waals surface area (Å²) in [5.74, 6) is -0.545. The van der Waals surface area contributed by atoms with Gasteiger partial charge in [-0.2, -0.15) is 0 Å². The van der Waals surface area contributed by atoms with Crippen molar-refractivity contribution in [2.24, 2.45) is 5.92 Å². The lowest BCUT2D eigenvalue weighted by molar-refractivity contribution is -0.130. The minimum Gasteiger partial charge on any atom is -0.497 e. The predicted octanol–water partition coefficient (Wildman–Crippen LogP) is 3.37. The van der Waals surface area contributed by atoms with E-state index in [0.29, 0.717) is 37.4 Å². The SMILES string of the molecule is COC(=O)c1cc(OC)ccc1NC(=O)C1CCN(C(=O)/C=C/c2ccccc2)CC1. The standard InChI is InChI=1S/C24H26N2O5/c1-30-19-9-10-21(20(16-19)24(29)31-2)25-23(28)18-12-14-26(15-13-18)22(27)11-8-17-6-4-3-5-7-17/h3-11,16,18H,12-15H2,1-2H3,(H,25,28)/b11-8+. The number of nitrogens with one attached hydrogen (secondary N) is 1. The van der Waals surface area contributed by atoms with Crippen LogP contribution in [0.1, 0.15) is 28.8 Å². The molecule has 1 N–H and O–H groups in total. The first-order chi connectivity index (χ1) is 15.0. The smallest absolute Gasteiger partial charge is 0.340 e. The van der Waals surface area contributed by atoms with Crippen LogP contribution in [0.3, 0.4) is 0 Å². The number of likely N-dealkylation sites (tertiary alicyclic amines) is 1. The van der Waals surface area contributed by atoms with Crippen molar-refractivity contribution in [3.8, 4) is 5.75 Å². The Kier molecular flexibility index (Phi) is 7.43. The van der Waals surface area contributed by atoms with E-state index in [1.165, 1.54) is 20.3 Å². The highest BCUT2D eigenvalue weighted by atomic mass is 16.5. The Morgan fingerprint density at radius 2 is 1.74 bits per heavy atom. The van der Waals surface area contributed by atoms with E-state index < -0.39 is 5.97 Å². The monoisotopic (exact) mass is 422 g/mol. The molecule has 7 heteroatoms. The van der Waals surface area contributed by atoms with Crippen LogP contribution in [-0.2, 0) is 14.3 Å². The van der Waals surface area contributed by atoms with Gasteiger partial charge in [-0.1, -0.05) is 30.3 Å². The molecule has 0 saturated carbocycles. The third-order valence-corrected chi connectivity index (χ3v) is 5.29. The lowest BCUT2D eigenvalue weighted by Gasteiger charge is -2.30. The molecule has 0 aromatic heterocycles. The number of carbonyl (C=O) groups is 3. The topological polar surface area (TPSA) is 84.9 Å². The second-order valence-electron chi connectivity index (χ2n) is 7.24. The van der Waals surface area contributed by atoms with E-state index in [9.17, 15) is 14.4 Å². The van der Waals surface area contributed by atoms with Gasteiger partial charge in [-0.3, -0.25) is 9.59 Å². The lowest BCUT2D eigenvalue weighted by Crippen LogP contribution is -2.40. The molecule has 0 radical (unpaired) electrons. The molecule has 1 fully saturated rings. The number of amides is 2. The van der Waals surface area contributed by atoms with E-state index >= 15 is 0 Å². The highest BCUT2D eigenvalue weighted by Crippen LogP contribution is 2.25. The molecule has 162 valence electrons. The zero-order valence-electron chi connectivity index (χ0n) is 17.7. The minimum atomic E-state index is -0.556. The average molecular weight is 422 g/mol. The zero-order chi connectivity index (χ0) is 22.2. The quantitative estimate of drug-likeness (QED) is 0.570. The summed E-state index contributed by atoms with van der Waals surface area (Å²) in [7, 11) is 2.78. The number of nitrogens with zero attached hydrogens (tertiary/aromatic N) is 1. The summed E-state index contributed by atoms with van der Waals surface area (Å²) in [6.07, 6.45) is 4.47. The molecule has 1 saturated heterocycles. The molecule has 1 heterocycles. The first-order valence-corrected chi connectivity index (χ1v) is 10.1. The Bertz CT molecular complexity index is 963. The number of rotatable bonds is 6. The van der Waals surface area contributed by atoms with Crippen LogP contribution in [0.5, 0.6) is 5.75 Å². The Balaban J connectivity index is 1.58. The van der Waals surface area contributed by atoms with Crippen molar-refractivity contribution in [1.82, 2.24) is 4.90 Å². The number of methoxy groups -OCH3 is 2. The van der Waals surface area contributed by atoms with Crippen LogP contribution >= 0.6 is 0 Å². The van der Waals surface area contributed by atoms with E-state index in [-0.39, 0.29) is 23.3 Å². The van der Waals surface area contributed by atoms with Crippen molar-refractivity contribution in [3.63, 3.8) is 0 Å². The van der Waals surface area contributed by atoms with Crippen molar-refractivity contribution in [1.29, 1.82) is 0 Å². The Labute approximate surface area is 181 Å². The number of ether oxygens (including phenoxy) is 2. The van der Waals surface area contributed by atoms with Gasteiger partial charge in [-0.25, -0.2) is 4.79 Å². The molecule has 0 atom stereocenters. The number of anilines is 1. The summed E-state index contributed by atoms with van der Waals surface area (Å²) in [5.41, 5.74) is 1.57. The van der Waals surface area contributed by atoms with Gasteiger partial charge in [-0.15, -0.1) is 0 Å². The molecule has 2 aromatic rings. The van der Waals surface area contributed by atoms with Crippen molar-refractivity contribution >= 4 is 29.5 Å². The van der Waals surface area contributed by atoms with Crippen molar-refractivity contribution in [2.75, 3.05) is 32.6 Å². The van der Waals surface area contributed by atoms with Gasteiger partial charge >= 0.3 is 5.97 Å². The summed E-state index contributed by atoms with van der Waals surface area (Å²) < 4.78 is 9.95. The highest BCUT2D eigenvalue weighted by molar-refractivity contribution is 6.02. The second-order valence-corrected chi connectivity index (χ2v) is 7.24. The summed E-state index contributed by atoms with van der Waals surface area (Å²) in [4.78, 5) is 39.0. The maximum atomic E-state index is 12.8. The second kappa shape index (κ2) is 10.4. The Morgan fingerprint density at radius 3 is 2.39 bits per heavy atom. The third kappa shape index (κ3) is 5.72. The van der Waals surface area contributed by atoms with Gasteiger partial charge in [0.05, 0.1) is 25.5 Å². The van der Waals surface area contributed by atoms with Gasteiger partial charge in [0.2, 0.25) is 11.8 Å². The molecule has 2 amide bonds. The van der Waals surface area contributed by atoms with Crippen molar-refractivity contribution in [2.45, 2.75) is 12.8 Å². The molecule has 0 bridgehead atoms. The fourth-order valence-corrected chi connectivity index (χ4v) is 3.47. The van der Waals surface area contributed by atoms with Gasteiger partial charge in [0.25, 0.3) is 0 Å². The average Bonchev–Trinajstić information content (AvgIpc) is 2.83. The molecule has 7 nitrogen and oxygen atoms in total. The summed E-state index contributed by atoms with van der Waals surface area (Å²) >= 11 is 0. The van der Waals surface area contributed by atoms with Crippen LogP contribution in [0, 0.1) is 5.92 Å². The predicted molar refractivity (Wildman–Crippen MR) is 118 cm³/mol. The number of hydrogen-bond acceptors (Lipinski definition) is 5. The molecule has 31 heavy (non-hydrogen) atoms. The van der Waals surface area contributed by atoms with E-state index in [0.717, 1.165) is 5.56 Å². The fraction of sp³-hybridized carbons (Fsp3) is 0.292. The van der Waals surface area contributed by atoms with E-state index in [1.54, 1.807) is 29.2 Å². The Morgan fingerprint density at radius 1 is 1.03 bits per heavy atom. The van der Waals surface area contributed by atoms with Crippen molar-refractivity contribution in [3.05, 3.63) is 65.7 Å². The third-order valence-electron chi connectivity index (χ3n) is 5.29. The first kappa shape index (κ1) is 22.1. The van der Waals surface area contributed by atoms with Gasteiger partial charge in [0, 0.05) is 25.1 Å². The van der Waals surface area contributed by atoms with Crippen LogP contribution in [0.2, 0.25) is 0 Å². The van der Waals surface area contributed by atoms with E-state index in [1.807, 2.05) is 30.3 Å². The maximum Gasteiger partial charge on any atom is 0.340 e. The van der Waals surface area contributed by atoms with Crippen LogP contribution in [-0.4, -0.2) is 50.0 Å². The number of carbonyl (C=O) groups excluding carboxylic acids is 3. The van der Waals surface area contributed by atoms with Crippen LogP contribution in [0.15, 0.2) is 54.6 Å². The maximum absolute atomic E-state index is 12.8. The molecule has 1 aliphatic heterocycles. The summed E-state index contributed by atoms with van der Waals surface area (Å²) in [6.45, 7) is 1.01. The van der Waals surface area contributed by atoms with Gasteiger partial charge < -0.3 is 19.7 Å². The molecule has 0 aliphatic carbocycles. The van der Waals surface area contributed by atoms with Gasteiger partial charge in [-0.05, 0) is 42.7 Å². The molecule has 1 aliphatic rings. The molecule has 2 aromatic carbocycles. The van der Waals surface area contributed by atoms with Gasteiger partial charge in [0.1, 0.15) is 5.75 Å². The number of esters is 1. The van der Waals surface area contributed by atoms with E-state index in [2.05, 4.69) is 5.32 Å². The fourth-order valence-electron chi connectivity index (χ4n) is 3.47.